The fraction of sp³-hybridized carbons (Fsp3) is 0.208. The maximum Gasteiger partial charge on any atom is 0.294 e. The monoisotopic (exact) mass is 414 g/mol. The van der Waals surface area contributed by atoms with Crippen molar-refractivity contribution in [2.45, 2.75) is 19.9 Å². The first-order valence-electron chi connectivity index (χ1n) is 10.1. The molecule has 0 spiro atoms. The molecule has 2 aromatic heterocycles. The van der Waals surface area contributed by atoms with Crippen LogP contribution >= 0.6 is 0 Å². The normalized spacial score (nSPS) is 15.9. The minimum Gasteiger partial charge on any atom is -0.459 e. The summed E-state index contributed by atoms with van der Waals surface area (Å²) in [4.78, 5) is 33.4. The first kappa shape index (κ1) is 19.1. The standard InChI is InChI=1S/C24H22N4O3/c1-15-13-27(24(30)23-5-4-10-31-23)22-12-18(7-9-20(22)28(15)16(2)29)17-6-8-19-21(11-17)26(3)14-25-19/h4-12,14-15H,13H2,1-3H3/t15-/m0/s1. The molecular weight excluding hydrogens is 392 g/mol. The highest BCUT2D eigenvalue weighted by Gasteiger charge is 2.35. The minimum absolute atomic E-state index is 0.0529. The predicted molar refractivity (Wildman–Crippen MR) is 119 cm³/mol. The third kappa shape index (κ3) is 3.09. The number of anilines is 2. The Bertz CT molecular complexity index is 1310. The first-order chi connectivity index (χ1) is 14.9. The summed E-state index contributed by atoms with van der Waals surface area (Å²) >= 11 is 0. The number of rotatable bonds is 2. The summed E-state index contributed by atoms with van der Waals surface area (Å²) in [7, 11) is 1.96. The summed E-state index contributed by atoms with van der Waals surface area (Å²) in [6, 6.07) is 15.2. The van der Waals surface area contributed by atoms with Crippen molar-refractivity contribution in [3.05, 3.63) is 66.9 Å². The van der Waals surface area contributed by atoms with Crippen LogP contribution in [0.5, 0.6) is 0 Å². The zero-order chi connectivity index (χ0) is 21.7. The molecule has 7 heteroatoms. The lowest BCUT2D eigenvalue weighted by atomic mass is 10.00. The van der Waals surface area contributed by atoms with Gasteiger partial charge in [-0.15, -0.1) is 0 Å². The lowest BCUT2D eigenvalue weighted by Crippen LogP contribution is -2.51. The van der Waals surface area contributed by atoms with Crippen LogP contribution in [-0.4, -0.2) is 34.0 Å². The number of hydrogen-bond acceptors (Lipinski definition) is 4. The maximum absolute atomic E-state index is 13.2. The van der Waals surface area contributed by atoms with E-state index in [0.29, 0.717) is 12.2 Å². The third-order valence-electron chi connectivity index (χ3n) is 5.79. The zero-order valence-corrected chi connectivity index (χ0v) is 17.6. The predicted octanol–water partition coefficient (Wildman–Crippen LogP) is 4.24. The molecule has 156 valence electrons. The molecule has 0 saturated heterocycles. The van der Waals surface area contributed by atoms with E-state index >= 15 is 0 Å². The van der Waals surface area contributed by atoms with E-state index in [1.807, 2.05) is 48.9 Å². The van der Waals surface area contributed by atoms with Crippen LogP contribution in [0.25, 0.3) is 22.2 Å². The van der Waals surface area contributed by atoms with E-state index in [0.717, 1.165) is 27.8 Å². The van der Waals surface area contributed by atoms with Gasteiger partial charge in [0, 0.05) is 20.5 Å². The van der Waals surface area contributed by atoms with Crippen LogP contribution in [0, 0.1) is 0 Å². The van der Waals surface area contributed by atoms with Crippen LogP contribution in [0.1, 0.15) is 24.4 Å². The second-order valence-corrected chi connectivity index (χ2v) is 7.89. The summed E-state index contributed by atoms with van der Waals surface area (Å²) in [5, 5.41) is 0. The number of fused-ring (bicyclic) bond motifs is 2. The van der Waals surface area contributed by atoms with Crippen molar-refractivity contribution >= 4 is 34.2 Å². The van der Waals surface area contributed by atoms with E-state index in [-0.39, 0.29) is 23.6 Å². The van der Waals surface area contributed by atoms with E-state index in [1.54, 1.807) is 35.2 Å². The Balaban J connectivity index is 1.65. The molecule has 1 aliphatic rings. The molecule has 0 fully saturated rings. The van der Waals surface area contributed by atoms with Crippen LogP contribution in [-0.2, 0) is 11.8 Å². The van der Waals surface area contributed by atoms with Gasteiger partial charge in [-0.1, -0.05) is 12.1 Å². The van der Waals surface area contributed by atoms with E-state index in [4.69, 9.17) is 4.42 Å². The summed E-state index contributed by atoms with van der Waals surface area (Å²) in [6.07, 6.45) is 3.28. The van der Waals surface area contributed by atoms with Gasteiger partial charge >= 0.3 is 0 Å². The van der Waals surface area contributed by atoms with E-state index in [2.05, 4.69) is 11.1 Å². The van der Waals surface area contributed by atoms with Crippen molar-refractivity contribution in [3.63, 3.8) is 0 Å². The molecule has 7 nitrogen and oxygen atoms in total. The summed E-state index contributed by atoms with van der Waals surface area (Å²) < 4.78 is 7.33. The minimum atomic E-state index is -0.222. The number of aryl methyl sites for hydroxylation is 1. The average molecular weight is 414 g/mol. The molecule has 2 amide bonds. The van der Waals surface area contributed by atoms with Crippen LogP contribution in [0.2, 0.25) is 0 Å². The highest BCUT2D eigenvalue weighted by molar-refractivity contribution is 6.10. The molecule has 4 aromatic rings. The van der Waals surface area contributed by atoms with Gasteiger partial charge in [0.15, 0.2) is 5.76 Å². The molecule has 1 aliphatic heterocycles. The number of hydrogen-bond donors (Lipinski definition) is 0. The summed E-state index contributed by atoms with van der Waals surface area (Å²) in [5.74, 6) is -0.000395. The van der Waals surface area contributed by atoms with Crippen molar-refractivity contribution < 1.29 is 14.0 Å². The fourth-order valence-corrected chi connectivity index (χ4v) is 4.32. The molecular formula is C24H22N4O3. The van der Waals surface area contributed by atoms with Gasteiger partial charge < -0.3 is 18.8 Å². The number of carbonyl (C=O) groups excluding carboxylic acids is 2. The Hall–Kier alpha value is -3.87. The number of benzene rings is 2. The SMILES string of the molecule is CC(=O)N1c2ccc(-c3ccc4ncn(C)c4c3)cc2N(C(=O)c2ccco2)C[C@@H]1C. The third-order valence-corrected chi connectivity index (χ3v) is 5.79. The van der Waals surface area contributed by atoms with E-state index in [1.165, 1.54) is 6.26 Å². The lowest BCUT2D eigenvalue weighted by molar-refractivity contribution is -0.117. The molecule has 0 saturated carbocycles. The van der Waals surface area contributed by atoms with Crippen molar-refractivity contribution in [1.82, 2.24) is 9.55 Å². The molecule has 2 aromatic carbocycles. The number of carbonyl (C=O) groups is 2. The van der Waals surface area contributed by atoms with Gasteiger partial charge in [-0.05, 0) is 54.4 Å². The number of furan rings is 1. The number of amides is 2. The zero-order valence-electron chi connectivity index (χ0n) is 17.6. The molecule has 0 bridgehead atoms. The number of nitrogens with zero attached hydrogens (tertiary/aromatic N) is 4. The highest BCUT2D eigenvalue weighted by atomic mass is 16.3. The van der Waals surface area contributed by atoms with Crippen LogP contribution in [0.3, 0.4) is 0 Å². The largest absolute Gasteiger partial charge is 0.459 e. The van der Waals surface area contributed by atoms with E-state index in [9.17, 15) is 9.59 Å². The Morgan fingerprint density at radius 1 is 1.06 bits per heavy atom. The molecule has 5 rings (SSSR count). The van der Waals surface area contributed by atoms with Gasteiger partial charge in [-0.2, -0.15) is 0 Å². The van der Waals surface area contributed by atoms with Crippen molar-refractivity contribution in [2.24, 2.45) is 7.05 Å². The smallest absolute Gasteiger partial charge is 0.294 e. The Labute approximate surface area is 179 Å². The molecule has 0 radical (unpaired) electrons. The first-order valence-corrected chi connectivity index (χ1v) is 10.1. The second-order valence-electron chi connectivity index (χ2n) is 7.89. The Morgan fingerprint density at radius 2 is 1.84 bits per heavy atom. The molecule has 31 heavy (non-hydrogen) atoms. The van der Waals surface area contributed by atoms with Crippen molar-refractivity contribution in [3.8, 4) is 11.1 Å². The van der Waals surface area contributed by atoms with Crippen LogP contribution in [0.4, 0.5) is 11.4 Å². The Morgan fingerprint density at radius 3 is 2.58 bits per heavy atom. The second kappa shape index (κ2) is 7.12. The molecule has 0 unspecified atom stereocenters. The van der Waals surface area contributed by atoms with Gasteiger partial charge in [0.1, 0.15) is 0 Å². The number of imidazole rings is 1. The van der Waals surface area contributed by atoms with Gasteiger partial charge in [0.25, 0.3) is 5.91 Å². The fourth-order valence-electron chi connectivity index (χ4n) is 4.32. The van der Waals surface area contributed by atoms with Gasteiger partial charge in [0.05, 0.1) is 41.0 Å². The molecule has 3 heterocycles. The highest BCUT2D eigenvalue weighted by Crippen LogP contribution is 2.40. The van der Waals surface area contributed by atoms with Gasteiger partial charge in [0.2, 0.25) is 5.91 Å². The van der Waals surface area contributed by atoms with Gasteiger partial charge in [-0.3, -0.25) is 9.59 Å². The topological polar surface area (TPSA) is 71.6 Å². The quantitative estimate of drug-likeness (QED) is 0.492. The molecule has 0 N–H and O–H groups in total. The lowest BCUT2D eigenvalue weighted by Gasteiger charge is -2.40. The van der Waals surface area contributed by atoms with E-state index < -0.39 is 0 Å². The average Bonchev–Trinajstić information content (AvgIpc) is 3.42. The van der Waals surface area contributed by atoms with Crippen molar-refractivity contribution in [2.75, 3.05) is 16.3 Å². The molecule has 0 aliphatic carbocycles. The van der Waals surface area contributed by atoms with Crippen LogP contribution in [0.15, 0.2) is 65.5 Å². The van der Waals surface area contributed by atoms with Crippen LogP contribution < -0.4 is 9.80 Å². The number of aromatic nitrogens is 2. The summed E-state index contributed by atoms with van der Waals surface area (Å²) in [5.41, 5.74) is 5.33. The van der Waals surface area contributed by atoms with Gasteiger partial charge in [-0.25, -0.2) is 4.98 Å². The Kier molecular flexibility index (Phi) is 4.39. The van der Waals surface area contributed by atoms with Crippen molar-refractivity contribution in [1.29, 1.82) is 0 Å². The maximum atomic E-state index is 13.2. The summed E-state index contributed by atoms with van der Waals surface area (Å²) in [6.45, 7) is 3.88. The molecule has 1 atom stereocenters.